The lowest BCUT2D eigenvalue weighted by Crippen LogP contribution is -2.08. The van der Waals surface area contributed by atoms with Crippen molar-refractivity contribution in [3.05, 3.63) is 40.0 Å². The molecule has 2 aromatic rings. The smallest absolute Gasteiger partial charge is 0.229 e. The Balaban J connectivity index is 2.12. The molecule has 0 spiro atoms. The number of para-hydroxylation sites is 1. The topological polar surface area (TPSA) is 59.1 Å². The minimum Gasteiger partial charge on any atom is -0.385 e. The molecular weight excluding hydrogens is 323 g/mol. The van der Waals surface area contributed by atoms with Crippen molar-refractivity contribution in [3.63, 3.8) is 0 Å². The second-order valence-electron chi connectivity index (χ2n) is 4.71. The lowest BCUT2D eigenvalue weighted by atomic mass is 10.3. The van der Waals surface area contributed by atoms with E-state index in [2.05, 4.69) is 20.6 Å². The summed E-state index contributed by atoms with van der Waals surface area (Å²) in [7, 11) is 1.68. The van der Waals surface area contributed by atoms with E-state index in [1.54, 1.807) is 25.3 Å². The average Bonchev–Trinajstić information content (AvgIpc) is 2.47. The monoisotopic (exact) mass is 340 g/mol. The Hall–Kier alpha value is -1.56. The van der Waals surface area contributed by atoms with Crippen LogP contribution in [0.3, 0.4) is 0 Å². The van der Waals surface area contributed by atoms with Crippen molar-refractivity contribution in [1.29, 1.82) is 0 Å². The van der Waals surface area contributed by atoms with Crippen molar-refractivity contribution in [2.24, 2.45) is 0 Å². The van der Waals surface area contributed by atoms with Gasteiger partial charge in [0.25, 0.3) is 0 Å². The van der Waals surface area contributed by atoms with Crippen LogP contribution >= 0.6 is 23.2 Å². The summed E-state index contributed by atoms with van der Waals surface area (Å²) in [6.07, 6.45) is 0.901. The van der Waals surface area contributed by atoms with Gasteiger partial charge in [-0.05, 0) is 25.5 Å². The molecule has 0 aliphatic carbocycles. The van der Waals surface area contributed by atoms with Crippen LogP contribution in [0.15, 0.2) is 24.3 Å². The molecule has 2 rings (SSSR count). The third-order valence-electron chi connectivity index (χ3n) is 2.89. The number of methoxy groups -OCH3 is 1. The number of halogens is 2. The molecule has 22 heavy (non-hydrogen) atoms. The quantitative estimate of drug-likeness (QED) is 0.736. The molecule has 2 N–H and O–H groups in total. The minimum absolute atomic E-state index is 0.448. The van der Waals surface area contributed by atoms with Gasteiger partial charge in [-0.2, -0.15) is 4.98 Å². The predicted molar refractivity (Wildman–Crippen MR) is 91.5 cm³/mol. The molecular formula is C15H18Cl2N4O. The summed E-state index contributed by atoms with van der Waals surface area (Å²) in [5, 5.41) is 7.35. The Bertz CT molecular complexity index is 617. The van der Waals surface area contributed by atoms with Crippen molar-refractivity contribution in [2.45, 2.75) is 13.3 Å². The number of benzene rings is 1. The van der Waals surface area contributed by atoms with Gasteiger partial charge in [-0.15, -0.1) is 0 Å². The minimum atomic E-state index is 0.448. The molecule has 0 fully saturated rings. The van der Waals surface area contributed by atoms with Crippen LogP contribution in [0, 0.1) is 6.92 Å². The fraction of sp³-hybridized carbons (Fsp3) is 0.333. The third-order valence-corrected chi connectivity index (χ3v) is 3.52. The first-order chi connectivity index (χ1) is 10.6. The highest BCUT2D eigenvalue weighted by molar-refractivity contribution is 6.39. The number of nitrogens with zero attached hydrogens (tertiary/aromatic N) is 2. The zero-order valence-electron chi connectivity index (χ0n) is 12.5. The van der Waals surface area contributed by atoms with Crippen LogP contribution in [0.1, 0.15) is 12.1 Å². The number of aryl methyl sites for hydroxylation is 1. The lowest BCUT2D eigenvalue weighted by molar-refractivity contribution is 0.198. The Kier molecular flexibility index (Phi) is 6.24. The molecule has 0 amide bonds. The SMILES string of the molecule is COCCCNc1cc(C)nc(Nc2c(Cl)cccc2Cl)n1. The van der Waals surface area contributed by atoms with E-state index in [9.17, 15) is 0 Å². The highest BCUT2D eigenvalue weighted by Crippen LogP contribution is 2.31. The Morgan fingerprint density at radius 1 is 1.18 bits per heavy atom. The van der Waals surface area contributed by atoms with Crippen LogP contribution in [-0.2, 0) is 4.74 Å². The molecule has 0 saturated carbocycles. The second kappa shape index (κ2) is 8.17. The van der Waals surface area contributed by atoms with Gasteiger partial charge >= 0.3 is 0 Å². The number of rotatable bonds is 7. The Morgan fingerprint density at radius 2 is 1.91 bits per heavy atom. The van der Waals surface area contributed by atoms with Gasteiger partial charge in [0.15, 0.2) is 0 Å². The standard InChI is InChI=1S/C15H18Cl2N4O/c1-10-9-13(18-7-4-8-22-2)20-15(19-10)21-14-11(16)5-3-6-12(14)17/h3,5-6,9H,4,7-8H2,1-2H3,(H2,18,19,20,21). The van der Waals surface area contributed by atoms with Crippen LogP contribution in [0.5, 0.6) is 0 Å². The van der Waals surface area contributed by atoms with Crippen LogP contribution in [0.25, 0.3) is 0 Å². The Labute approximate surface area is 140 Å². The van der Waals surface area contributed by atoms with Crippen LogP contribution in [0.2, 0.25) is 10.0 Å². The predicted octanol–water partition coefficient (Wildman–Crippen LogP) is 4.28. The van der Waals surface area contributed by atoms with Gasteiger partial charge in [0.05, 0.1) is 15.7 Å². The van der Waals surface area contributed by atoms with Gasteiger partial charge in [-0.1, -0.05) is 29.3 Å². The average molecular weight is 341 g/mol. The number of hydrogen-bond acceptors (Lipinski definition) is 5. The van der Waals surface area contributed by atoms with Crippen molar-refractivity contribution in [2.75, 3.05) is 30.9 Å². The van der Waals surface area contributed by atoms with E-state index in [0.717, 1.165) is 24.5 Å². The van der Waals surface area contributed by atoms with Gasteiger partial charge in [0.2, 0.25) is 5.95 Å². The second-order valence-corrected chi connectivity index (χ2v) is 5.53. The zero-order chi connectivity index (χ0) is 15.9. The first-order valence-electron chi connectivity index (χ1n) is 6.89. The summed E-state index contributed by atoms with van der Waals surface area (Å²) < 4.78 is 5.02. The fourth-order valence-corrected chi connectivity index (χ4v) is 2.37. The highest BCUT2D eigenvalue weighted by atomic mass is 35.5. The van der Waals surface area contributed by atoms with E-state index < -0.39 is 0 Å². The Morgan fingerprint density at radius 3 is 2.59 bits per heavy atom. The van der Waals surface area contributed by atoms with Gasteiger partial charge < -0.3 is 15.4 Å². The normalized spacial score (nSPS) is 10.5. The molecule has 7 heteroatoms. The van der Waals surface area contributed by atoms with E-state index in [-0.39, 0.29) is 0 Å². The fourth-order valence-electron chi connectivity index (χ4n) is 1.88. The van der Waals surface area contributed by atoms with E-state index in [1.165, 1.54) is 0 Å². The molecule has 1 heterocycles. The van der Waals surface area contributed by atoms with Gasteiger partial charge in [0, 0.05) is 32.0 Å². The number of anilines is 3. The molecule has 0 aliphatic rings. The molecule has 1 aromatic carbocycles. The first kappa shape index (κ1) is 16.8. The largest absolute Gasteiger partial charge is 0.385 e. The molecule has 1 aromatic heterocycles. The summed E-state index contributed by atoms with van der Waals surface area (Å²) in [5.41, 5.74) is 1.44. The van der Waals surface area contributed by atoms with E-state index >= 15 is 0 Å². The maximum absolute atomic E-state index is 6.15. The van der Waals surface area contributed by atoms with Crippen LogP contribution < -0.4 is 10.6 Å². The van der Waals surface area contributed by atoms with Crippen LogP contribution in [0.4, 0.5) is 17.5 Å². The van der Waals surface area contributed by atoms with Gasteiger partial charge in [-0.3, -0.25) is 0 Å². The summed E-state index contributed by atoms with van der Waals surface area (Å²) in [6, 6.07) is 7.19. The summed E-state index contributed by atoms with van der Waals surface area (Å²) in [6.45, 7) is 3.38. The number of ether oxygens (including phenoxy) is 1. The zero-order valence-corrected chi connectivity index (χ0v) is 14.0. The van der Waals surface area contributed by atoms with E-state index in [0.29, 0.717) is 28.3 Å². The molecule has 0 bridgehead atoms. The molecule has 118 valence electrons. The van der Waals surface area contributed by atoms with Gasteiger partial charge in [0.1, 0.15) is 5.82 Å². The summed E-state index contributed by atoms with van der Waals surface area (Å²) in [4.78, 5) is 8.77. The number of nitrogens with one attached hydrogen (secondary N) is 2. The molecule has 5 nitrogen and oxygen atoms in total. The third kappa shape index (κ3) is 4.73. The van der Waals surface area contributed by atoms with Crippen molar-refractivity contribution in [1.82, 2.24) is 9.97 Å². The van der Waals surface area contributed by atoms with Crippen LogP contribution in [-0.4, -0.2) is 30.2 Å². The molecule has 0 unspecified atom stereocenters. The van der Waals surface area contributed by atoms with E-state index in [1.807, 2.05) is 13.0 Å². The molecule has 0 saturated heterocycles. The molecule has 0 aliphatic heterocycles. The van der Waals surface area contributed by atoms with Crippen molar-refractivity contribution < 1.29 is 4.74 Å². The number of hydrogen-bond donors (Lipinski definition) is 2. The summed E-state index contributed by atoms with van der Waals surface area (Å²) in [5.74, 6) is 1.19. The van der Waals surface area contributed by atoms with Gasteiger partial charge in [-0.25, -0.2) is 4.98 Å². The maximum atomic E-state index is 6.15. The molecule has 0 atom stereocenters. The maximum Gasteiger partial charge on any atom is 0.229 e. The highest BCUT2D eigenvalue weighted by Gasteiger charge is 2.08. The lowest BCUT2D eigenvalue weighted by Gasteiger charge is -2.11. The number of aromatic nitrogens is 2. The van der Waals surface area contributed by atoms with Crippen molar-refractivity contribution in [3.8, 4) is 0 Å². The first-order valence-corrected chi connectivity index (χ1v) is 7.65. The summed E-state index contributed by atoms with van der Waals surface area (Å²) >= 11 is 12.3. The van der Waals surface area contributed by atoms with E-state index in [4.69, 9.17) is 27.9 Å². The molecule has 0 radical (unpaired) electrons. The van der Waals surface area contributed by atoms with Crippen molar-refractivity contribution >= 4 is 40.7 Å².